The predicted molar refractivity (Wildman–Crippen MR) is 83.1 cm³/mol. The van der Waals surface area contributed by atoms with Crippen LogP contribution in [0.1, 0.15) is 31.2 Å². The van der Waals surface area contributed by atoms with E-state index in [2.05, 4.69) is 26.6 Å². The van der Waals surface area contributed by atoms with Crippen molar-refractivity contribution in [1.82, 2.24) is 15.6 Å². The van der Waals surface area contributed by atoms with Gasteiger partial charge >= 0.3 is 0 Å². The molecule has 2 fully saturated rings. The first-order valence-electron chi connectivity index (χ1n) is 7.91. The number of anilines is 1. The lowest BCUT2D eigenvalue weighted by Gasteiger charge is -2.33. The Morgan fingerprint density at radius 3 is 2.76 bits per heavy atom. The van der Waals surface area contributed by atoms with Crippen LogP contribution >= 0.6 is 0 Å². The molecule has 2 N–H and O–H groups in total. The Hall–Kier alpha value is -1.62. The van der Waals surface area contributed by atoms with Crippen molar-refractivity contribution in [1.29, 1.82) is 0 Å². The van der Waals surface area contributed by atoms with Gasteiger partial charge in [-0.2, -0.15) is 0 Å². The molecule has 0 radical (unpaired) electrons. The van der Waals surface area contributed by atoms with Crippen LogP contribution in [0.2, 0.25) is 0 Å². The Kier molecular flexibility index (Phi) is 4.39. The quantitative estimate of drug-likeness (QED) is 0.857. The van der Waals surface area contributed by atoms with E-state index >= 15 is 0 Å². The average Bonchev–Trinajstić information content (AvgIpc) is 3.37. The Morgan fingerprint density at radius 2 is 2.10 bits per heavy atom. The molecule has 2 aliphatic rings. The summed E-state index contributed by atoms with van der Waals surface area (Å²) in [5.41, 5.74) is 1.27. The minimum Gasteiger partial charge on any atom is -0.359 e. The lowest BCUT2D eigenvalue weighted by molar-refractivity contribution is -0.125. The molecule has 1 saturated carbocycles. The second-order valence-electron chi connectivity index (χ2n) is 6.02. The van der Waals surface area contributed by atoms with Crippen molar-refractivity contribution in [2.24, 2.45) is 5.92 Å². The van der Waals surface area contributed by atoms with Crippen LogP contribution in [0.3, 0.4) is 0 Å². The summed E-state index contributed by atoms with van der Waals surface area (Å²) in [6.45, 7) is 2.71. The van der Waals surface area contributed by atoms with E-state index in [1.807, 2.05) is 12.3 Å². The average molecular weight is 288 g/mol. The maximum Gasteiger partial charge on any atom is 0.222 e. The summed E-state index contributed by atoms with van der Waals surface area (Å²) in [4.78, 5) is 18.6. The van der Waals surface area contributed by atoms with Crippen LogP contribution in [-0.2, 0) is 11.3 Å². The van der Waals surface area contributed by atoms with Crippen LogP contribution in [0.4, 0.5) is 5.82 Å². The van der Waals surface area contributed by atoms with Crippen molar-refractivity contribution >= 4 is 11.7 Å². The van der Waals surface area contributed by atoms with Gasteiger partial charge in [0.15, 0.2) is 0 Å². The highest BCUT2D eigenvalue weighted by Crippen LogP contribution is 2.26. The maximum atomic E-state index is 11.7. The number of aromatic nitrogens is 1. The number of pyridine rings is 1. The number of hydrogen-bond donors (Lipinski definition) is 2. The molecule has 0 atom stereocenters. The van der Waals surface area contributed by atoms with Crippen molar-refractivity contribution in [2.45, 2.75) is 38.3 Å². The van der Waals surface area contributed by atoms with Gasteiger partial charge in [-0.15, -0.1) is 0 Å². The van der Waals surface area contributed by atoms with Crippen molar-refractivity contribution in [3.05, 3.63) is 23.9 Å². The van der Waals surface area contributed by atoms with E-state index < -0.39 is 0 Å². The van der Waals surface area contributed by atoms with Crippen LogP contribution in [0, 0.1) is 5.92 Å². The van der Waals surface area contributed by atoms with Gasteiger partial charge in [-0.3, -0.25) is 4.79 Å². The van der Waals surface area contributed by atoms with Crippen molar-refractivity contribution in [3.8, 4) is 0 Å². The van der Waals surface area contributed by atoms with E-state index in [1.165, 1.54) is 18.4 Å². The van der Waals surface area contributed by atoms with E-state index in [9.17, 15) is 4.79 Å². The lowest BCUT2D eigenvalue weighted by Crippen LogP contribution is -2.40. The zero-order valence-electron chi connectivity index (χ0n) is 12.6. The molecule has 21 heavy (non-hydrogen) atoms. The molecule has 5 nitrogen and oxygen atoms in total. The number of carbonyl (C=O) groups excluding carboxylic acids is 1. The standard InChI is InChI=1S/C16H24N4O/c1-17-16(21)12-6-9-20(10-7-12)15-13(3-2-8-18-15)11-19-14-4-5-14/h2-3,8,12,14,19H,4-7,9-11H2,1H3,(H,17,21). The second kappa shape index (κ2) is 6.43. The van der Waals surface area contributed by atoms with Crippen LogP contribution in [0.5, 0.6) is 0 Å². The van der Waals surface area contributed by atoms with E-state index in [-0.39, 0.29) is 11.8 Å². The van der Waals surface area contributed by atoms with E-state index in [4.69, 9.17) is 0 Å². The number of piperidine rings is 1. The molecule has 0 unspecified atom stereocenters. The van der Waals surface area contributed by atoms with Gasteiger partial charge in [0.2, 0.25) is 5.91 Å². The van der Waals surface area contributed by atoms with Gasteiger partial charge in [0, 0.05) is 50.4 Å². The van der Waals surface area contributed by atoms with Gasteiger partial charge in [0.25, 0.3) is 0 Å². The number of nitrogens with zero attached hydrogens (tertiary/aromatic N) is 2. The summed E-state index contributed by atoms with van der Waals surface area (Å²) < 4.78 is 0. The number of rotatable bonds is 5. The molecular weight excluding hydrogens is 264 g/mol. The smallest absolute Gasteiger partial charge is 0.222 e. The Bertz CT molecular complexity index is 493. The molecule has 114 valence electrons. The number of amides is 1. The van der Waals surface area contributed by atoms with Gasteiger partial charge in [-0.05, 0) is 31.7 Å². The molecule has 3 rings (SSSR count). The highest BCUT2D eigenvalue weighted by atomic mass is 16.1. The van der Waals surface area contributed by atoms with Crippen LogP contribution in [0.25, 0.3) is 0 Å². The third kappa shape index (κ3) is 3.53. The zero-order chi connectivity index (χ0) is 14.7. The minimum atomic E-state index is 0.156. The van der Waals surface area contributed by atoms with Crippen molar-refractivity contribution in [3.63, 3.8) is 0 Å². The summed E-state index contributed by atoms with van der Waals surface area (Å²) in [5.74, 6) is 1.41. The van der Waals surface area contributed by atoms with E-state index in [0.29, 0.717) is 6.04 Å². The fourth-order valence-electron chi connectivity index (χ4n) is 2.95. The first-order chi connectivity index (χ1) is 10.3. The molecule has 1 aliphatic carbocycles. The van der Waals surface area contributed by atoms with E-state index in [1.54, 1.807) is 7.05 Å². The SMILES string of the molecule is CNC(=O)C1CCN(c2ncccc2CNC2CC2)CC1. The molecular formula is C16H24N4O. The Balaban J connectivity index is 1.62. The topological polar surface area (TPSA) is 57.3 Å². The third-order valence-electron chi connectivity index (χ3n) is 4.44. The fraction of sp³-hybridized carbons (Fsp3) is 0.625. The van der Waals surface area contributed by atoms with Gasteiger partial charge in [-0.25, -0.2) is 4.98 Å². The molecule has 2 heterocycles. The van der Waals surface area contributed by atoms with Crippen molar-refractivity contribution in [2.75, 3.05) is 25.0 Å². The molecule has 5 heteroatoms. The lowest BCUT2D eigenvalue weighted by atomic mass is 9.95. The van der Waals surface area contributed by atoms with Gasteiger partial charge in [-0.1, -0.05) is 6.07 Å². The summed E-state index contributed by atoms with van der Waals surface area (Å²) in [7, 11) is 1.72. The molecule has 1 aliphatic heterocycles. The summed E-state index contributed by atoms with van der Waals surface area (Å²) in [5, 5.41) is 6.32. The molecule has 0 spiro atoms. The molecule has 0 aromatic carbocycles. The first kappa shape index (κ1) is 14.3. The molecule has 1 aromatic heterocycles. The van der Waals surface area contributed by atoms with Crippen LogP contribution in [-0.4, -0.2) is 37.1 Å². The van der Waals surface area contributed by atoms with Crippen LogP contribution in [0.15, 0.2) is 18.3 Å². The zero-order valence-corrected chi connectivity index (χ0v) is 12.6. The number of nitrogens with one attached hydrogen (secondary N) is 2. The highest BCUT2D eigenvalue weighted by molar-refractivity contribution is 5.78. The van der Waals surface area contributed by atoms with Crippen molar-refractivity contribution < 1.29 is 4.79 Å². The summed E-state index contributed by atoms with van der Waals surface area (Å²) in [6, 6.07) is 4.87. The molecule has 1 amide bonds. The van der Waals surface area contributed by atoms with E-state index in [0.717, 1.165) is 38.3 Å². The second-order valence-corrected chi connectivity index (χ2v) is 6.02. The van der Waals surface area contributed by atoms with Gasteiger partial charge in [0.05, 0.1) is 0 Å². The monoisotopic (exact) mass is 288 g/mol. The number of hydrogen-bond acceptors (Lipinski definition) is 4. The first-order valence-corrected chi connectivity index (χ1v) is 7.91. The number of carbonyl (C=O) groups is 1. The fourth-order valence-corrected chi connectivity index (χ4v) is 2.95. The third-order valence-corrected chi connectivity index (χ3v) is 4.44. The largest absolute Gasteiger partial charge is 0.359 e. The highest BCUT2D eigenvalue weighted by Gasteiger charge is 2.26. The molecule has 0 bridgehead atoms. The Morgan fingerprint density at radius 1 is 1.33 bits per heavy atom. The summed E-state index contributed by atoms with van der Waals surface area (Å²) in [6.07, 6.45) is 6.28. The Labute approximate surface area is 126 Å². The van der Waals surface area contributed by atoms with Gasteiger partial charge < -0.3 is 15.5 Å². The summed E-state index contributed by atoms with van der Waals surface area (Å²) >= 11 is 0. The maximum absolute atomic E-state index is 11.7. The minimum absolute atomic E-state index is 0.156. The normalized spacial score (nSPS) is 19.6. The predicted octanol–water partition coefficient (Wildman–Crippen LogP) is 1.30. The molecule has 1 aromatic rings. The van der Waals surface area contributed by atoms with Crippen LogP contribution < -0.4 is 15.5 Å². The van der Waals surface area contributed by atoms with Gasteiger partial charge in [0.1, 0.15) is 5.82 Å². The molecule has 1 saturated heterocycles.